The minimum atomic E-state index is -4.42. The first kappa shape index (κ1) is 89.6. The maximum absolute atomic E-state index is 12.9. The molecular formula is C84H143NO8P+. The van der Waals surface area contributed by atoms with Crippen LogP contribution < -0.4 is 0 Å². The van der Waals surface area contributed by atoms with E-state index in [0.29, 0.717) is 17.4 Å². The van der Waals surface area contributed by atoms with Gasteiger partial charge in [-0.05, 0) is 128 Å². The molecule has 2 unspecified atom stereocenters. The lowest BCUT2D eigenvalue weighted by Gasteiger charge is -2.24. The van der Waals surface area contributed by atoms with E-state index in [2.05, 4.69) is 172 Å². The van der Waals surface area contributed by atoms with Crippen molar-refractivity contribution < 1.29 is 42.1 Å². The number of phosphoric ester groups is 1. The van der Waals surface area contributed by atoms with Gasteiger partial charge in [0.1, 0.15) is 19.8 Å². The molecule has 0 amide bonds. The molecule has 0 spiro atoms. The molecule has 0 radical (unpaired) electrons. The molecule has 0 aliphatic heterocycles. The molecule has 9 nitrogen and oxygen atoms in total. The number of quaternary nitrogens is 1. The fourth-order valence-corrected chi connectivity index (χ4v) is 11.0. The number of allylic oxidation sites excluding steroid dienone is 26. The Bertz CT molecular complexity index is 2150. The molecule has 0 bridgehead atoms. The number of nitrogens with zero attached hydrogens (tertiary/aromatic N) is 1. The van der Waals surface area contributed by atoms with Crippen LogP contribution in [-0.4, -0.2) is 74.9 Å². The van der Waals surface area contributed by atoms with Crippen molar-refractivity contribution in [3.8, 4) is 0 Å². The summed E-state index contributed by atoms with van der Waals surface area (Å²) >= 11 is 0. The standard InChI is InChI=1S/C84H142NO8P/c1-6-8-10-12-14-16-18-20-22-24-26-28-30-32-34-36-38-39-40-41-42-43-44-45-47-49-51-53-55-57-59-61-63-65-67-69-71-73-75-77-84(87)93-82(81-92-94(88,89)91-79-78-85(3,4)5)80-90-83(86)76-74-72-70-68-66-64-62-60-58-56-54-52-50-48-46-37-35-33-31-29-27-25-23-21-19-17-15-13-11-9-7-2/h8,10,14,16,20,22,25-28,32,34,38-39,41-42,44-45,49,51,55,57,61,63,67,69,82H,6-7,9,11-13,15,17-19,21,23-24,29-31,33,35-37,40,43,46-48,50,52-54,56,58-60,62,64-66,68,70-81H2,1-5H3/p+1/b10-8-,16-14-,22-20-,27-25-,28-26-,34-32-,39-38-,42-41-,45-44-,51-49-,57-55-,63-61-,69-67-. The second-order valence-corrected chi connectivity index (χ2v) is 27.8. The zero-order valence-electron chi connectivity index (χ0n) is 61.1. The predicted octanol–water partition coefficient (Wildman–Crippen LogP) is 25.5. The summed E-state index contributed by atoms with van der Waals surface area (Å²) < 4.78 is 34.7. The number of esters is 2. The number of likely N-dealkylation sites (N-methyl/N-ethyl adjacent to an activating group) is 1. The van der Waals surface area contributed by atoms with E-state index < -0.39 is 26.5 Å². The van der Waals surface area contributed by atoms with Gasteiger partial charge in [-0.2, -0.15) is 0 Å². The number of hydrogen-bond acceptors (Lipinski definition) is 7. The highest BCUT2D eigenvalue weighted by Gasteiger charge is 2.27. The Balaban J connectivity index is 4.14. The van der Waals surface area contributed by atoms with Crippen molar-refractivity contribution >= 4 is 19.8 Å². The zero-order valence-corrected chi connectivity index (χ0v) is 62.0. The lowest BCUT2D eigenvalue weighted by atomic mass is 10.0. The molecule has 0 aromatic heterocycles. The van der Waals surface area contributed by atoms with Gasteiger partial charge in [0.2, 0.25) is 0 Å². The van der Waals surface area contributed by atoms with Crippen LogP contribution in [0.2, 0.25) is 0 Å². The van der Waals surface area contributed by atoms with Crippen LogP contribution in [0.25, 0.3) is 0 Å². The van der Waals surface area contributed by atoms with Gasteiger partial charge in [0.25, 0.3) is 0 Å². The van der Waals surface area contributed by atoms with Gasteiger partial charge in [-0.25, -0.2) is 4.57 Å². The number of ether oxygens (including phenoxy) is 2. The van der Waals surface area contributed by atoms with Crippen molar-refractivity contribution in [2.45, 2.75) is 315 Å². The third-order valence-electron chi connectivity index (χ3n) is 16.0. The van der Waals surface area contributed by atoms with Crippen molar-refractivity contribution in [3.63, 3.8) is 0 Å². The first-order valence-corrected chi connectivity index (χ1v) is 39.7. The molecule has 0 aliphatic rings. The Morgan fingerprint density at radius 1 is 0.340 bits per heavy atom. The van der Waals surface area contributed by atoms with E-state index >= 15 is 0 Å². The molecular weight excluding hydrogens is 1180 g/mol. The lowest BCUT2D eigenvalue weighted by molar-refractivity contribution is -0.870. The summed E-state index contributed by atoms with van der Waals surface area (Å²) in [5.74, 6) is -0.849. The quantitative estimate of drug-likeness (QED) is 0.0211. The van der Waals surface area contributed by atoms with Crippen molar-refractivity contribution in [1.82, 2.24) is 0 Å². The summed E-state index contributed by atoms with van der Waals surface area (Å²) in [6.45, 7) is 4.28. The first-order chi connectivity index (χ1) is 46.0. The van der Waals surface area contributed by atoms with E-state index in [1.54, 1.807) is 0 Å². The maximum atomic E-state index is 12.9. The van der Waals surface area contributed by atoms with E-state index in [1.165, 1.54) is 167 Å². The highest BCUT2D eigenvalue weighted by molar-refractivity contribution is 7.47. The van der Waals surface area contributed by atoms with Crippen LogP contribution >= 0.6 is 7.82 Å². The van der Waals surface area contributed by atoms with Crippen LogP contribution in [0.4, 0.5) is 0 Å². The van der Waals surface area contributed by atoms with Crippen LogP contribution in [-0.2, 0) is 32.7 Å². The molecule has 2 atom stereocenters. The summed E-state index contributed by atoms with van der Waals surface area (Å²) in [6.07, 6.45) is 109. The fourth-order valence-electron chi connectivity index (χ4n) is 10.2. The predicted molar refractivity (Wildman–Crippen MR) is 408 cm³/mol. The van der Waals surface area contributed by atoms with Gasteiger partial charge in [-0.3, -0.25) is 18.6 Å². The van der Waals surface area contributed by atoms with E-state index in [4.69, 9.17) is 18.5 Å². The van der Waals surface area contributed by atoms with E-state index in [0.717, 1.165) is 109 Å². The van der Waals surface area contributed by atoms with Crippen LogP contribution in [0, 0.1) is 0 Å². The summed E-state index contributed by atoms with van der Waals surface area (Å²) in [7, 11) is 1.44. The molecule has 0 fully saturated rings. The van der Waals surface area contributed by atoms with Crippen LogP contribution in [0.5, 0.6) is 0 Å². The summed E-state index contributed by atoms with van der Waals surface area (Å²) in [4.78, 5) is 35.9. The Kier molecular flexibility index (Phi) is 69.5. The van der Waals surface area contributed by atoms with E-state index in [1.807, 2.05) is 21.1 Å². The van der Waals surface area contributed by atoms with Gasteiger partial charge >= 0.3 is 19.8 Å². The van der Waals surface area contributed by atoms with E-state index in [-0.39, 0.29) is 32.0 Å². The Morgan fingerprint density at radius 2 is 0.606 bits per heavy atom. The zero-order chi connectivity index (χ0) is 68.3. The molecule has 0 aromatic rings. The number of carbonyl (C=O) groups is 2. The van der Waals surface area contributed by atoms with Crippen molar-refractivity contribution in [2.24, 2.45) is 0 Å². The van der Waals surface area contributed by atoms with Gasteiger partial charge in [0.05, 0.1) is 27.7 Å². The molecule has 0 aromatic carbocycles. The first-order valence-electron chi connectivity index (χ1n) is 38.2. The van der Waals surface area contributed by atoms with Crippen molar-refractivity contribution in [3.05, 3.63) is 158 Å². The topological polar surface area (TPSA) is 108 Å². The molecule has 536 valence electrons. The summed E-state index contributed by atoms with van der Waals surface area (Å²) in [5.41, 5.74) is 0. The molecule has 0 saturated carbocycles. The minimum Gasteiger partial charge on any atom is -0.462 e. The second kappa shape index (κ2) is 72.9. The average Bonchev–Trinajstić information content (AvgIpc) is 1.56. The molecule has 0 aliphatic carbocycles. The molecule has 0 heterocycles. The smallest absolute Gasteiger partial charge is 0.462 e. The SMILES string of the molecule is CC/C=C\C/C=C\C/C=C\C/C=C\C/C=C\C/C=C\C/C=C\C/C=C\C/C=C\C/C=C\C/C=C\C/C=C\CCCCC(=O)OC(COC(=O)CCCCCCCCCCCCCCCCCCCCC/C=C\CCCCCCCCCC)COP(=O)(O)OCC[N+](C)(C)C. The summed E-state index contributed by atoms with van der Waals surface area (Å²) in [6, 6.07) is 0. The third-order valence-corrected chi connectivity index (χ3v) is 17.0. The van der Waals surface area contributed by atoms with Gasteiger partial charge in [-0.1, -0.05) is 326 Å². The normalized spacial score (nSPS) is 14.0. The number of hydrogen-bond donors (Lipinski definition) is 1. The third kappa shape index (κ3) is 76.6. The molecule has 0 rings (SSSR count). The van der Waals surface area contributed by atoms with Gasteiger partial charge in [-0.15, -0.1) is 0 Å². The average molecular weight is 1330 g/mol. The summed E-state index contributed by atoms with van der Waals surface area (Å²) in [5, 5.41) is 0. The monoisotopic (exact) mass is 1330 g/mol. The number of phosphoric acid groups is 1. The van der Waals surface area contributed by atoms with Gasteiger partial charge in [0.15, 0.2) is 6.10 Å². The van der Waals surface area contributed by atoms with Crippen molar-refractivity contribution in [1.29, 1.82) is 0 Å². The Hall–Kier alpha value is -4.37. The number of carbonyl (C=O) groups excluding carboxylic acids is 2. The van der Waals surface area contributed by atoms with Crippen LogP contribution in [0.1, 0.15) is 309 Å². The Labute approximate surface area is 579 Å². The molecule has 0 saturated heterocycles. The lowest BCUT2D eigenvalue weighted by Crippen LogP contribution is -2.37. The molecule has 94 heavy (non-hydrogen) atoms. The van der Waals surface area contributed by atoms with Gasteiger partial charge in [0, 0.05) is 12.8 Å². The van der Waals surface area contributed by atoms with E-state index in [9.17, 15) is 19.0 Å². The van der Waals surface area contributed by atoms with Crippen LogP contribution in [0.15, 0.2) is 158 Å². The minimum absolute atomic E-state index is 0.0162. The number of rotatable bonds is 69. The number of unbranched alkanes of at least 4 members (excludes halogenated alkanes) is 29. The maximum Gasteiger partial charge on any atom is 0.472 e. The fraction of sp³-hybridized carbons (Fsp3) is 0.667. The largest absolute Gasteiger partial charge is 0.472 e. The molecule has 10 heteroatoms. The highest BCUT2D eigenvalue weighted by atomic mass is 31.2. The molecule has 1 N–H and O–H groups in total. The van der Waals surface area contributed by atoms with Gasteiger partial charge < -0.3 is 18.9 Å². The van der Waals surface area contributed by atoms with Crippen molar-refractivity contribution in [2.75, 3.05) is 47.5 Å². The van der Waals surface area contributed by atoms with Crippen LogP contribution in [0.3, 0.4) is 0 Å². The second-order valence-electron chi connectivity index (χ2n) is 26.3. The Morgan fingerprint density at radius 3 is 0.936 bits per heavy atom. The highest BCUT2D eigenvalue weighted by Crippen LogP contribution is 2.43.